The minimum atomic E-state index is -0.0160. The number of para-hydroxylation sites is 1. The number of amides is 1. The SMILES string of the molecule is Cc1ccccc1-n1c(SCC(=O)N2CCOCC2)nc2sc3c(c2c1=O)CC[C@@H](C)C3. The van der Waals surface area contributed by atoms with Crippen molar-refractivity contribution in [3.05, 3.63) is 50.6 Å². The molecule has 2 aromatic heterocycles. The second-order valence-electron chi connectivity index (χ2n) is 8.64. The molecule has 0 bridgehead atoms. The second kappa shape index (κ2) is 9.00. The molecule has 6 nitrogen and oxygen atoms in total. The Morgan fingerprint density at radius 2 is 2.06 bits per heavy atom. The quantitative estimate of drug-likeness (QED) is 0.429. The minimum absolute atomic E-state index is 0.0160. The Bertz CT molecular complexity index is 1230. The summed E-state index contributed by atoms with van der Waals surface area (Å²) in [5.74, 6) is 0.948. The maximum Gasteiger partial charge on any atom is 0.267 e. The molecule has 32 heavy (non-hydrogen) atoms. The molecular weight excluding hydrogens is 442 g/mol. The number of carbonyl (C=O) groups excluding carboxylic acids is 1. The van der Waals surface area contributed by atoms with Crippen LogP contribution in [0.1, 0.15) is 29.3 Å². The molecule has 2 aliphatic rings. The van der Waals surface area contributed by atoms with Gasteiger partial charge in [0, 0.05) is 18.0 Å². The van der Waals surface area contributed by atoms with Crippen molar-refractivity contribution in [3.8, 4) is 5.69 Å². The van der Waals surface area contributed by atoms with E-state index in [-0.39, 0.29) is 17.2 Å². The molecule has 0 saturated carbocycles. The Hall–Kier alpha value is -2.16. The van der Waals surface area contributed by atoms with Crippen LogP contribution in [0.2, 0.25) is 0 Å². The van der Waals surface area contributed by atoms with Crippen molar-refractivity contribution >= 4 is 39.2 Å². The van der Waals surface area contributed by atoms with Crippen LogP contribution in [-0.4, -0.2) is 52.4 Å². The highest BCUT2D eigenvalue weighted by atomic mass is 32.2. The van der Waals surface area contributed by atoms with E-state index in [1.165, 1.54) is 22.2 Å². The first-order valence-corrected chi connectivity index (χ1v) is 12.9. The molecule has 0 spiro atoms. The number of hydrogen-bond donors (Lipinski definition) is 0. The third-order valence-electron chi connectivity index (χ3n) is 6.34. The van der Waals surface area contributed by atoms with Crippen molar-refractivity contribution in [2.45, 2.75) is 38.3 Å². The number of thioether (sulfide) groups is 1. The van der Waals surface area contributed by atoms with Gasteiger partial charge in [0.1, 0.15) is 4.83 Å². The minimum Gasteiger partial charge on any atom is -0.378 e. The molecule has 168 valence electrons. The fourth-order valence-electron chi connectivity index (χ4n) is 4.53. The third-order valence-corrected chi connectivity index (χ3v) is 8.41. The fraction of sp³-hybridized carbons (Fsp3) is 0.458. The summed E-state index contributed by atoms with van der Waals surface area (Å²) >= 11 is 3.01. The second-order valence-corrected chi connectivity index (χ2v) is 10.7. The van der Waals surface area contributed by atoms with Crippen molar-refractivity contribution in [1.82, 2.24) is 14.5 Å². The van der Waals surface area contributed by atoms with Gasteiger partial charge in [-0.15, -0.1) is 11.3 Å². The number of aryl methyl sites for hydroxylation is 2. The van der Waals surface area contributed by atoms with Crippen molar-refractivity contribution < 1.29 is 9.53 Å². The van der Waals surface area contributed by atoms with Crippen molar-refractivity contribution in [1.29, 1.82) is 0 Å². The van der Waals surface area contributed by atoms with E-state index in [0.717, 1.165) is 40.7 Å². The monoisotopic (exact) mass is 469 g/mol. The summed E-state index contributed by atoms with van der Waals surface area (Å²) < 4.78 is 7.08. The zero-order valence-electron chi connectivity index (χ0n) is 18.4. The molecule has 1 saturated heterocycles. The average Bonchev–Trinajstić information content (AvgIpc) is 3.16. The summed E-state index contributed by atoms with van der Waals surface area (Å²) in [6.45, 7) is 6.66. The van der Waals surface area contributed by atoms with Gasteiger partial charge in [0.05, 0.1) is 30.0 Å². The number of rotatable bonds is 4. The van der Waals surface area contributed by atoms with Gasteiger partial charge in [0.15, 0.2) is 5.16 Å². The smallest absolute Gasteiger partial charge is 0.267 e. The van der Waals surface area contributed by atoms with E-state index >= 15 is 0 Å². The van der Waals surface area contributed by atoms with Crippen LogP contribution in [0.25, 0.3) is 15.9 Å². The molecule has 0 unspecified atom stereocenters. The van der Waals surface area contributed by atoms with Crippen molar-refractivity contribution in [2.75, 3.05) is 32.1 Å². The van der Waals surface area contributed by atoms with Gasteiger partial charge in [-0.25, -0.2) is 4.98 Å². The lowest BCUT2D eigenvalue weighted by atomic mass is 9.89. The van der Waals surface area contributed by atoms with Crippen LogP contribution >= 0.6 is 23.1 Å². The summed E-state index contributed by atoms with van der Waals surface area (Å²) in [4.78, 5) is 35.5. The number of ether oxygens (including phenoxy) is 1. The van der Waals surface area contributed by atoms with Crippen molar-refractivity contribution in [3.63, 3.8) is 0 Å². The fourth-order valence-corrected chi connectivity index (χ4v) is 6.86. The van der Waals surface area contributed by atoms with E-state index in [1.807, 2.05) is 36.1 Å². The van der Waals surface area contributed by atoms with Crippen LogP contribution in [0.3, 0.4) is 0 Å². The Labute approximate surface area is 195 Å². The maximum absolute atomic E-state index is 13.9. The van der Waals surface area contributed by atoms with Gasteiger partial charge < -0.3 is 9.64 Å². The maximum atomic E-state index is 13.9. The van der Waals surface area contributed by atoms with E-state index in [2.05, 4.69) is 6.92 Å². The predicted octanol–water partition coefficient (Wildman–Crippen LogP) is 3.83. The zero-order chi connectivity index (χ0) is 22.2. The molecule has 1 aliphatic carbocycles. The van der Waals surface area contributed by atoms with Crippen LogP contribution in [0.5, 0.6) is 0 Å². The number of aromatic nitrogens is 2. The van der Waals surface area contributed by atoms with Crippen LogP contribution in [0.15, 0.2) is 34.2 Å². The van der Waals surface area contributed by atoms with E-state index < -0.39 is 0 Å². The molecule has 1 aromatic carbocycles. The summed E-state index contributed by atoms with van der Waals surface area (Å²) in [7, 11) is 0. The number of thiophene rings is 1. The molecule has 8 heteroatoms. The van der Waals surface area contributed by atoms with Crippen LogP contribution < -0.4 is 5.56 Å². The average molecular weight is 470 g/mol. The number of nitrogens with zero attached hydrogens (tertiary/aromatic N) is 3. The zero-order valence-corrected chi connectivity index (χ0v) is 20.1. The lowest BCUT2D eigenvalue weighted by molar-refractivity contribution is -0.132. The molecule has 0 radical (unpaired) electrons. The van der Waals surface area contributed by atoms with Crippen LogP contribution in [0.4, 0.5) is 0 Å². The molecule has 5 rings (SSSR count). The highest BCUT2D eigenvalue weighted by Crippen LogP contribution is 2.37. The molecule has 1 aliphatic heterocycles. The van der Waals surface area contributed by atoms with Gasteiger partial charge in [-0.2, -0.15) is 0 Å². The van der Waals surface area contributed by atoms with E-state index in [1.54, 1.807) is 15.9 Å². The van der Waals surface area contributed by atoms with E-state index in [0.29, 0.717) is 37.4 Å². The molecule has 3 aromatic rings. The largest absolute Gasteiger partial charge is 0.378 e. The predicted molar refractivity (Wildman–Crippen MR) is 129 cm³/mol. The topological polar surface area (TPSA) is 64.4 Å². The molecule has 1 amide bonds. The van der Waals surface area contributed by atoms with Crippen LogP contribution in [0, 0.1) is 12.8 Å². The Kier molecular flexibility index (Phi) is 6.09. The molecule has 3 heterocycles. The molecule has 0 N–H and O–H groups in total. The summed E-state index contributed by atoms with van der Waals surface area (Å²) in [5, 5.41) is 1.36. The first-order valence-electron chi connectivity index (χ1n) is 11.1. The number of fused-ring (bicyclic) bond motifs is 3. The first kappa shape index (κ1) is 21.7. The van der Waals surface area contributed by atoms with Gasteiger partial charge >= 0.3 is 0 Å². The molecular formula is C24H27N3O3S2. The van der Waals surface area contributed by atoms with Crippen LogP contribution in [-0.2, 0) is 22.4 Å². The molecule has 1 fully saturated rings. The van der Waals surface area contributed by atoms with Gasteiger partial charge in [-0.1, -0.05) is 36.9 Å². The Balaban J connectivity index is 1.59. The summed E-state index contributed by atoms with van der Waals surface area (Å²) in [5.41, 5.74) is 3.01. The highest BCUT2D eigenvalue weighted by molar-refractivity contribution is 7.99. The number of hydrogen-bond acceptors (Lipinski definition) is 6. The normalized spacial score (nSPS) is 18.7. The van der Waals surface area contributed by atoms with Gasteiger partial charge in [0.25, 0.3) is 5.56 Å². The van der Waals surface area contributed by atoms with Crippen molar-refractivity contribution in [2.24, 2.45) is 5.92 Å². The van der Waals surface area contributed by atoms with E-state index in [9.17, 15) is 9.59 Å². The summed E-state index contributed by atoms with van der Waals surface area (Å²) in [6.07, 6.45) is 3.05. The number of benzene rings is 1. The van der Waals surface area contributed by atoms with Gasteiger partial charge in [-0.05, 0) is 49.3 Å². The Morgan fingerprint density at radius 3 is 2.84 bits per heavy atom. The Morgan fingerprint density at radius 1 is 1.28 bits per heavy atom. The summed E-state index contributed by atoms with van der Waals surface area (Å²) in [6, 6.07) is 7.87. The standard InChI is InChI=1S/C24H27N3O3S2/c1-15-7-8-17-19(13-15)32-22-21(17)23(29)27(18-6-4-3-5-16(18)2)24(25-22)31-14-20(28)26-9-11-30-12-10-26/h3-6,15H,7-14H2,1-2H3/t15-/m1/s1. The third kappa shape index (κ3) is 4.00. The number of morpholine rings is 1. The van der Waals surface area contributed by atoms with Gasteiger partial charge in [-0.3, -0.25) is 14.2 Å². The number of carbonyl (C=O) groups is 1. The molecule has 1 atom stereocenters. The highest BCUT2D eigenvalue weighted by Gasteiger charge is 2.26. The first-order chi connectivity index (χ1) is 15.5. The van der Waals surface area contributed by atoms with Gasteiger partial charge in [0.2, 0.25) is 5.91 Å². The van der Waals surface area contributed by atoms with E-state index in [4.69, 9.17) is 9.72 Å². The lowest BCUT2D eigenvalue weighted by Crippen LogP contribution is -2.41. The lowest BCUT2D eigenvalue weighted by Gasteiger charge is -2.26.